The lowest BCUT2D eigenvalue weighted by Gasteiger charge is -2.34. The van der Waals surface area contributed by atoms with Crippen LogP contribution in [0.5, 0.6) is 0 Å². The summed E-state index contributed by atoms with van der Waals surface area (Å²) < 4.78 is 0. The molecule has 0 unspecified atom stereocenters. The van der Waals surface area contributed by atoms with Crippen molar-refractivity contribution < 1.29 is 4.79 Å². The van der Waals surface area contributed by atoms with Crippen LogP contribution < -0.4 is 0 Å². The standard InChI is InChI=1S/C23H28O/c24-22-18-12-4-2-1-3-5-13-19-23(22,20-14-8-6-9-15-20)21-16-10-7-11-17-21/h6-11,14-17H,1-5,12-13,18-19H2. The minimum absolute atomic E-state index is 0.404. The Hall–Kier alpha value is -1.89. The van der Waals surface area contributed by atoms with Crippen LogP contribution >= 0.6 is 0 Å². The molecule has 2 aromatic rings. The van der Waals surface area contributed by atoms with Gasteiger partial charge in [-0.15, -0.1) is 0 Å². The van der Waals surface area contributed by atoms with E-state index >= 15 is 0 Å². The molecule has 3 rings (SSSR count). The first-order valence-electron chi connectivity index (χ1n) is 9.48. The van der Waals surface area contributed by atoms with Crippen molar-refractivity contribution in [2.45, 2.75) is 63.2 Å². The molecule has 1 aliphatic carbocycles. The van der Waals surface area contributed by atoms with E-state index in [0.29, 0.717) is 12.2 Å². The van der Waals surface area contributed by atoms with Crippen molar-refractivity contribution in [3.8, 4) is 0 Å². The predicted molar refractivity (Wildman–Crippen MR) is 100 cm³/mol. The molecule has 1 aliphatic rings. The number of rotatable bonds is 2. The summed E-state index contributed by atoms with van der Waals surface area (Å²) in [5, 5.41) is 0. The highest BCUT2D eigenvalue weighted by molar-refractivity contribution is 5.93. The van der Waals surface area contributed by atoms with Crippen molar-refractivity contribution in [3.05, 3.63) is 71.8 Å². The monoisotopic (exact) mass is 320 g/mol. The highest BCUT2D eigenvalue weighted by Crippen LogP contribution is 2.40. The summed E-state index contributed by atoms with van der Waals surface area (Å²) in [5.41, 5.74) is 1.87. The fourth-order valence-corrected chi connectivity index (χ4v) is 4.14. The first-order valence-corrected chi connectivity index (χ1v) is 9.48. The SMILES string of the molecule is O=C1CCCCCCCCCC1(c1ccccc1)c1ccccc1. The van der Waals surface area contributed by atoms with Crippen molar-refractivity contribution in [3.63, 3.8) is 0 Å². The van der Waals surface area contributed by atoms with E-state index < -0.39 is 5.41 Å². The molecule has 1 nitrogen and oxygen atoms in total. The first kappa shape index (κ1) is 17.0. The highest BCUT2D eigenvalue weighted by atomic mass is 16.1. The molecule has 0 aliphatic heterocycles. The van der Waals surface area contributed by atoms with Crippen LogP contribution in [0.3, 0.4) is 0 Å². The topological polar surface area (TPSA) is 17.1 Å². The molecule has 0 bridgehead atoms. The van der Waals surface area contributed by atoms with E-state index in [1.807, 2.05) is 12.1 Å². The summed E-state index contributed by atoms with van der Waals surface area (Å²) >= 11 is 0. The molecule has 0 amide bonds. The summed E-state index contributed by atoms with van der Waals surface area (Å²) in [6, 6.07) is 20.9. The third-order valence-electron chi connectivity index (χ3n) is 5.46. The molecule has 2 aromatic carbocycles. The number of benzene rings is 2. The van der Waals surface area contributed by atoms with Gasteiger partial charge in [0.1, 0.15) is 5.78 Å². The number of ketones is 1. The van der Waals surface area contributed by atoms with Gasteiger partial charge in [0.2, 0.25) is 0 Å². The Kier molecular flexibility index (Phi) is 5.85. The molecule has 0 saturated heterocycles. The molecule has 1 fully saturated rings. The Labute approximate surface area is 146 Å². The van der Waals surface area contributed by atoms with E-state index in [0.717, 1.165) is 19.3 Å². The van der Waals surface area contributed by atoms with Crippen LogP contribution in [0.2, 0.25) is 0 Å². The molecule has 0 atom stereocenters. The zero-order valence-corrected chi connectivity index (χ0v) is 14.5. The van der Waals surface area contributed by atoms with Crippen LogP contribution in [0.4, 0.5) is 0 Å². The van der Waals surface area contributed by atoms with Gasteiger partial charge < -0.3 is 0 Å². The molecule has 0 heterocycles. The maximum Gasteiger partial charge on any atom is 0.147 e. The van der Waals surface area contributed by atoms with Gasteiger partial charge in [0, 0.05) is 6.42 Å². The summed E-state index contributed by atoms with van der Waals surface area (Å²) in [6.07, 6.45) is 10.1. The van der Waals surface area contributed by atoms with Crippen molar-refractivity contribution in [1.29, 1.82) is 0 Å². The van der Waals surface area contributed by atoms with Gasteiger partial charge in [-0.2, -0.15) is 0 Å². The second kappa shape index (κ2) is 8.28. The first-order chi connectivity index (χ1) is 11.8. The number of carbonyl (C=O) groups is 1. The van der Waals surface area contributed by atoms with Crippen LogP contribution in [0.1, 0.15) is 68.9 Å². The fraction of sp³-hybridized carbons (Fsp3) is 0.435. The van der Waals surface area contributed by atoms with E-state index in [9.17, 15) is 4.79 Å². The van der Waals surface area contributed by atoms with E-state index in [4.69, 9.17) is 0 Å². The summed E-state index contributed by atoms with van der Waals surface area (Å²) in [6.45, 7) is 0. The van der Waals surface area contributed by atoms with E-state index in [2.05, 4.69) is 48.5 Å². The molecule has 1 heteroatoms. The molecule has 0 radical (unpaired) electrons. The lowest BCUT2D eigenvalue weighted by molar-refractivity contribution is -0.123. The van der Waals surface area contributed by atoms with Crippen LogP contribution in [0.15, 0.2) is 60.7 Å². The summed E-state index contributed by atoms with van der Waals surface area (Å²) in [5.74, 6) is 0.404. The van der Waals surface area contributed by atoms with Gasteiger partial charge in [0.25, 0.3) is 0 Å². The molecule has 1 saturated carbocycles. The Morgan fingerprint density at radius 1 is 0.583 bits per heavy atom. The van der Waals surface area contributed by atoms with Gasteiger partial charge >= 0.3 is 0 Å². The molecule has 0 aromatic heterocycles. The smallest absolute Gasteiger partial charge is 0.147 e. The van der Waals surface area contributed by atoms with Crippen molar-refractivity contribution in [2.24, 2.45) is 0 Å². The van der Waals surface area contributed by atoms with Gasteiger partial charge in [-0.05, 0) is 24.0 Å². The minimum Gasteiger partial charge on any atom is -0.298 e. The van der Waals surface area contributed by atoms with Crippen molar-refractivity contribution in [2.75, 3.05) is 0 Å². The zero-order valence-electron chi connectivity index (χ0n) is 14.5. The maximum atomic E-state index is 13.5. The lowest BCUT2D eigenvalue weighted by atomic mass is 9.67. The van der Waals surface area contributed by atoms with Gasteiger partial charge in [0.05, 0.1) is 5.41 Å². The zero-order chi connectivity index (χ0) is 16.7. The summed E-state index contributed by atoms with van der Waals surface area (Å²) in [4.78, 5) is 13.5. The second-order valence-corrected chi connectivity index (χ2v) is 7.04. The Bertz CT molecular complexity index is 590. The third-order valence-corrected chi connectivity index (χ3v) is 5.46. The van der Waals surface area contributed by atoms with E-state index in [-0.39, 0.29) is 0 Å². The molecule has 0 N–H and O–H groups in total. The predicted octanol–water partition coefficient (Wildman–Crippen LogP) is 6.07. The molecule has 126 valence electrons. The van der Waals surface area contributed by atoms with Crippen LogP contribution in [0, 0.1) is 0 Å². The highest BCUT2D eigenvalue weighted by Gasteiger charge is 2.40. The van der Waals surface area contributed by atoms with Crippen molar-refractivity contribution >= 4 is 5.78 Å². The maximum absolute atomic E-state index is 13.5. The van der Waals surface area contributed by atoms with Crippen molar-refractivity contribution in [1.82, 2.24) is 0 Å². The molecular formula is C23H28O. The minimum atomic E-state index is -0.465. The molecule has 0 spiro atoms. The fourth-order valence-electron chi connectivity index (χ4n) is 4.14. The van der Waals surface area contributed by atoms with Crippen LogP contribution in [-0.2, 0) is 10.2 Å². The normalized spacial score (nSPS) is 19.4. The second-order valence-electron chi connectivity index (χ2n) is 7.04. The number of hydrogen-bond donors (Lipinski definition) is 0. The third kappa shape index (κ3) is 3.61. The van der Waals surface area contributed by atoms with Crippen LogP contribution in [0.25, 0.3) is 0 Å². The number of carbonyl (C=O) groups excluding carboxylic acids is 1. The Morgan fingerprint density at radius 2 is 1.04 bits per heavy atom. The van der Waals surface area contributed by atoms with Gasteiger partial charge in [-0.25, -0.2) is 0 Å². The van der Waals surface area contributed by atoms with Gasteiger partial charge in [0.15, 0.2) is 0 Å². The number of hydrogen-bond acceptors (Lipinski definition) is 1. The molecule has 24 heavy (non-hydrogen) atoms. The van der Waals surface area contributed by atoms with Crippen LogP contribution in [-0.4, -0.2) is 5.78 Å². The number of Topliss-reactive ketones (excluding diaryl/α,β-unsaturated/α-hetero) is 1. The Balaban J connectivity index is 2.07. The van der Waals surface area contributed by atoms with E-state index in [1.165, 1.54) is 43.2 Å². The quantitative estimate of drug-likeness (QED) is 0.656. The average molecular weight is 320 g/mol. The van der Waals surface area contributed by atoms with Gasteiger partial charge in [-0.3, -0.25) is 4.79 Å². The average Bonchev–Trinajstić information content (AvgIpc) is 2.68. The summed E-state index contributed by atoms with van der Waals surface area (Å²) in [7, 11) is 0. The lowest BCUT2D eigenvalue weighted by Crippen LogP contribution is -2.37. The molecular weight excluding hydrogens is 292 g/mol. The van der Waals surface area contributed by atoms with E-state index in [1.54, 1.807) is 0 Å². The Morgan fingerprint density at radius 3 is 1.58 bits per heavy atom. The van der Waals surface area contributed by atoms with Gasteiger partial charge in [-0.1, -0.05) is 99.2 Å². The largest absolute Gasteiger partial charge is 0.298 e.